The molecule has 0 saturated carbocycles. The number of likely N-dealkylation sites (tertiary alicyclic amines) is 1. The van der Waals surface area contributed by atoms with Gasteiger partial charge in [0.05, 0.1) is 6.54 Å². The van der Waals surface area contributed by atoms with E-state index < -0.39 is 0 Å². The molecule has 0 spiro atoms. The molecular weight excluding hydrogens is 296 g/mol. The van der Waals surface area contributed by atoms with Gasteiger partial charge in [-0.15, -0.1) is 6.58 Å². The monoisotopic (exact) mass is 328 g/mol. The number of hydrogen-bond acceptors (Lipinski definition) is 2. The molecule has 1 atom stereocenters. The fourth-order valence-electron chi connectivity index (χ4n) is 3.06. The lowest BCUT2D eigenvalue weighted by Crippen LogP contribution is -2.37. The highest BCUT2D eigenvalue weighted by Crippen LogP contribution is 2.19. The van der Waals surface area contributed by atoms with Crippen LogP contribution in [0.1, 0.15) is 44.2 Å². The number of aliphatic imine (C=N–C) groups is 1. The van der Waals surface area contributed by atoms with Gasteiger partial charge in [0.2, 0.25) is 0 Å². The van der Waals surface area contributed by atoms with Crippen molar-refractivity contribution in [2.24, 2.45) is 4.99 Å². The lowest BCUT2D eigenvalue weighted by Gasteiger charge is -2.33. The summed E-state index contributed by atoms with van der Waals surface area (Å²) in [5.74, 6) is 0.837. The van der Waals surface area contributed by atoms with Gasteiger partial charge in [0.1, 0.15) is 0 Å². The van der Waals surface area contributed by atoms with Crippen molar-refractivity contribution in [1.29, 1.82) is 0 Å². The highest BCUT2D eigenvalue weighted by Gasteiger charge is 2.17. The molecule has 1 aromatic rings. The van der Waals surface area contributed by atoms with Crippen molar-refractivity contribution in [3.8, 4) is 0 Å². The second kappa shape index (κ2) is 10.1. The Morgan fingerprint density at radius 3 is 2.67 bits per heavy atom. The maximum Gasteiger partial charge on any atom is 0.191 e. The van der Waals surface area contributed by atoms with Crippen LogP contribution in [0.25, 0.3) is 0 Å². The van der Waals surface area contributed by atoms with Crippen LogP contribution in [0.3, 0.4) is 0 Å². The number of nitrogens with one attached hydrogen (secondary N) is 2. The summed E-state index contributed by atoms with van der Waals surface area (Å²) in [5.41, 5.74) is 2.63. The van der Waals surface area contributed by atoms with Crippen molar-refractivity contribution in [3.63, 3.8) is 0 Å². The molecule has 2 rings (SSSR count). The lowest BCUT2D eigenvalue weighted by atomic mass is 10.0. The summed E-state index contributed by atoms with van der Waals surface area (Å²) in [7, 11) is 0. The summed E-state index contributed by atoms with van der Waals surface area (Å²) >= 11 is 0. The van der Waals surface area contributed by atoms with E-state index in [-0.39, 0.29) is 0 Å². The van der Waals surface area contributed by atoms with Crippen LogP contribution in [0.2, 0.25) is 0 Å². The average Bonchev–Trinajstić information content (AvgIpc) is 2.60. The zero-order valence-corrected chi connectivity index (χ0v) is 15.2. The second-order valence-corrected chi connectivity index (χ2v) is 6.50. The van der Waals surface area contributed by atoms with Crippen LogP contribution in [0.5, 0.6) is 0 Å². The quantitative estimate of drug-likeness (QED) is 0.458. The van der Waals surface area contributed by atoms with Gasteiger partial charge < -0.3 is 10.6 Å². The van der Waals surface area contributed by atoms with Crippen LogP contribution in [-0.4, -0.2) is 36.5 Å². The molecule has 1 unspecified atom stereocenters. The molecule has 132 valence electrons. The van der Waals surface area contributed by atoms with Gasteiger partial charge in [0, 0.05) is 25.7 Å². The number of hydrogen-bond donors (Lipinski definition) is 2. The predicted octanol–water partition coefficient (Wildman–Crippen LogP) is 3.30. The zero-order valence-electron chi connectivity index (χ0n) is 15.2. The maximum atomic E-state index is 4.61. The van der Waals surface area contributed by atoms with Gasteiger partial charge in [-0.25, -0.2) is 4.99 Å². The molecule has 0 amide bonds. The number of nitrogens with zero attached hydrogens (tertiary/aromatic N) is 2. The van der Waals surface area contributed by atoms with Crippen LogP contribution in [0.15, 0.2) is 41.9 Å². The molecule has 24 heavy (non-hydrogen) atoms. The normalized spacial score (nSPS) is 19.1. The van der Waals surface area contributed by atoms with Gasteiger partial charge >= 0.3 is 0 Å². The third-order valence-corrected chi connectivity index (χ3v) is 4.53. The first-order valence-corrected chi connectivity index (χ1v) is 9.18. The van der Waals surface area contributed by atoms with Crippen LogP contribution in [0, 0.1) is 0 Å². The molecule has 0 aromatic heterocycles. The molecule has 0 radical (unpaired) electrons. The van der Waals surface area contributed by atoms with Crippen molar-refractivity contribution in [2.45, 2.75) is 52.2 Å². The van der Waals surface area contributed by atoms with Gasteiger partial charge in [0.15, 0.2) is 5.96 Å². The summed E-state index contributed by atoms with van der Waals surface area (Å²) in [6.07, 6.45) is 5.88. The Kier molecular flexibility index (Phi) is 7.83. The molecule has 4 heteroatoms. The van der Waals surface area contributed by atoms with Gasteiger partial charge in [-0.3, -0.25) is 4.90 Å². The smallest absolute Gasteiger partial charge is 0.191 e. The Labute approximate surface area is 147 Å². The maximum absolute atomic E-state index is 4.61. The van der Waals surface area contributed by atoms with E-state index in [9.17, 15) is 0 Å². The molecule has 1 aliphatic rings. The van der Waals surface area contributed by atoms with E-state index in [1.807, 2.05) is 6.08 Å². The molecular formula is C20H32N4. The third-order valence-electron chi connectivity index (χ3n) is 4.53. The van der Waals surface area contributed by atoms with Gasteiger partial charge in [-0.2, -0.15) is 0 Å². The van der Waals surface area contributed by atoms with Gasteiger partial charge in [-0.1, -0.05) is 36.8 Å². The summed E-state index contributed by atoms with van der Waals surface area (Å²) < 4.78 is 0. The average molecular weight is 329 g/mol. The molecule has 2 N–H and O–H groups in total. The fourth-order valence-corrected chi connectivity index (χ4v) is 3.06. The standard InChI is InChI=1S/C20H32N4/c1-4-13-22-20(21-5-2)23-15-18-9-11-19(12-10-18)16-24-14-7-6-8-17(24)3/h4,9-12,17H,1,5-8,13-16H2,2-3H3,(H2,21,22,23). The minimum atomic E-state index is 0.687. The number of piperidine rings is 1. The molecule has 1 saturated heterocycles. The first-order valence-electron chi connectivity index (χ1n) is 9.18. The fraction of sp³-hybridized carbons (Fsp3) is 0.550. The highest BCUT2D eigenvalue weighted by atomic mass is 15.2. The number of benzene rings is 1. The molecule has 4 nitrogen and oxygen atoms in total. The lowest BCUT2D eigenvalue weighted by molar-refractivity contribution is 0.152. The summed E-state index contributed by atoms with van der Waals surface area (Å²) in [4.78, 5) is 7.21. The first kappa shape index (κ1) is 18.5. The molecule has 1 fully saturated rings. The Morgan fingerprint density at radius 1 is 1.25 bits per heavy atom. The van der Waals surface area contributed by atoms with E-state index in [1.165, 1.54) is 36.9 Å². The first-order chi connectivity index (χ1) is 11.7. The molecule has 0 bridgehead atoms. The Hall–Kier alpha value is -1.81. The van der Waals surface area contributed by atoms with E-state index in [2.05, 4.69) is 65.2 Å². The SMILES string of the molecule is C=CCNC(=NCc1ccc(CN2CCCCC2C)cc1)NCC. The van der Waals surface area contributed by atoms with Crippen LogP contribution >= 0.6 is 0 Å². The van der Waals surface area contributed by atoms with E-state index in [0.717, 1.165) is 25.6 Å². The predicted molar refractivity (Wildman–Crippen MR) is 103 cm³/mol. The topological polar surface area (TPSA) is 39.7 Å². The number of guanidine groups is 1. The van der Waals surface area contributed by atoms with E-state index in [0.29, 0.717) is 12.6 Å². The second-order valence-electron chi connectivity index (χ2n) is 6.50. The largest absolute Gasteiger partial charge is 0.357 e. The molecule has 1 heterocycles. The van der Waals surface area contributed by atoms with Gasteiger partial charge in [-0.05, 0) is 44.4 Å². The Balaban J connectivity index is 1.89. The minimum Gasteiger partial charge on any atom is -0.357 e. The molecule has 1 aromatic carbocycles. The van der Waals surface area contributed by atoms with E-state index >= 15 is 0 Å². The third kappa shape index (κ3) is 6.00. The number of rotatable bonds is 7. The van der Waals surface area contributed by atoms with E-state index in [1.54, 1.807) is 0 Å². The Morgan fingerprint density at radius 2 is 2.00 bits per heavy atom. The van der Waals surface area contributed by atoms with Crippen LogP contribution in [0.4, 0.5) is 0 Å². The molecule has 0 aliphatic carbocycles. The molecule has 1 aliphatic heterocycles. The van der Waals surface area contributed by atoms with Crippen molar-refractivity contribution in [2.75, 3.05) is 19.6 Å². The van der Waals surface area contributed by atoms with Crippen molar-refractivity contribution < 1.29 is 0 Å². The van der Waals surface area contributed by atoms with Gasteiger partial charge in [0.25, 0.3) is 0 Å². The highest BCUT2D eigenvalue weighted by molar-refractivity contribution is 5.79. The summed E-state index contributed by atoms with van der Waals surface area (Å²) in [5, 5.41) is 6.47. The van der Waals surface area contributed by atoms with Crippen LogP contribution < -0.4 is 10.6 Å². The van der Waals surface area contributed by atoms with Crippen molar-refractivity contribution >= 4 is 5.96 Å². The summed E-state index contributed by atoms with van der Waals surface area (Å²) in [6, 6.07) is 9.60. The van der Waals surface area contributed by atoms with Crippen LogP contribution in [-0.2, 0) is 13.1 Å². The van der Waals surface area contributed by atoms with Crippen molar-refractivity contribution in [3.05, 3.63) is 48.0 Å². The minimum absolute atomic E-state index is 0.687. The van der Waals surface area contributed by atoms with E-state index in [4.69, 9.17) is 0 Å². The summed E-state index contributed by atoms with van der Waals surface area (Å²) in [6.45, 7) is 12.7. The Bertz CT molecular complexity index is 521. The zero-order chi connectivity index (χ0) is 17.2. The van der Waals surface area contributed by atoms with Crippen molar-refractivity contribution in [1.82, 2.24) is 15.5 Å².